The minimum atomic E-state index is -1.98. The zero-order chi connectivity index (χ0) is 56.2. The molecule has 0 saturated carbocycles. The highest BCUT2D eigenvalue weighted by Crippen LogP contribution is 2.33. The summed E-state index contributed by atoms with van der Waals surface area (Å²) in [5.41, 5.74) is 0. The van der Waals surface area contributed by atoms with Gasteiger partial charge in [-0.2, -0.15) is 0 Å². The Morgan fingerprint density at radius 3 is 1.30 bits per heavy atom. The van der Waals surface area contributed by atoms with Gasteiger partial charge >= 0.3 is 0 Å². The third-order valence-electron chi connectivity index (χ3n) is 15.3. The van der Waals surface area contributed by atoms with Crippen LogP contribution in [0.1, 0.15) is 206 Å². The normalized spacial score (nSPS) is 30.8. The average molecular weight is 1110 g/mol. The summed E-state index contributed by atoms with van der Waals surface area (Å²) in [6, 6.07) is -0.983. The second-order valence-electron chi connectivity index (χ2n) is 21.8. The smallest absolute Gasteiger partial charge is 0.220 e. The first kappa shape index (κ1) is 69.5. The number of hydrogen-bond donors (Lipinski definition) is 12. The standard InChI is InChI=1S/C58H107NO18/c1-3-5-7-9-11-13-14-15-16-17-18-19-20-21-22-23-24-25-26-28-30-32-34-36-46(64)59-41(42(63)35-33-31-29-27-12-10-8-6-4-2)40-72-56-52(70)49(67)54(44(38-61)74-56)77-58-53(71)50(68)55(45(39-62)75-58)76-57-51(69)48(66)47(65)43(37-60)73-57/h12,27,33,35,41-45,47-58,60-63,65-71H,3-11,13-26,28-32,34,36-40H2,1-2H3,(H,59,64)/b27-12+,35-33+. The van der Waals surface area contributed by atoms with E-state index in [9.17, 15) is 61.0 Å². The Morgan fingerprint density at radius 1 is 0.455 bits per heavy atom. The number of carbonyl (C=O) groups is 1. The van der Waals surface area contributed by atoms with E-state index in [0.717, 1.165) is 44.9 Å². The van der Waals surface area contributed by atoms with Gasteiger partial charge in [0.15, 0.2) is 18.9 Å². The SMILES string of the molecule is CCCCC/C=C/CC/C=C/C(O)C(COC1OC(CO)C(OC2OC(CO)C(OC3OC(CO)C(O)C(O)C3O)C(O)C2O)C(O)C1O)NC(=O)CCCCCCCCCCCCCCCCCCCCCCCCC. The van der Waals surface area contributed by atoms with Crippen molar-refractivity contribution in [2.45, 2.75) is 311 Å². The van der Waals surface area contributed by atoms with Gasteiger partial charge in [0.25, 0.3) is 0 Å². The van der Waals surface area contributed by atoms with Crippen molar-refractivity contribution in [2.75, 3.05) is 26.4 Å². The van der Waals surface area contributed by atoms with Gasteiger partial charge in [0, 0.05) is 6.42 Å². The first-order chi connectivity index (χ1) is 37.3. The van der Waals surface area contributed by atoms with E-state index in [-0.39, 0.29) is 18.9 Å². The molecule has 452 valence electrons. The molecule has 17 unspecified atom stereocenters. The van der Waals surface area contributed by atoms with E-state index in [2.05, 4.69) is 31.3 Å². The lowest BCUT2D eigenvalue weighted by molar-refractivity contribution is -0.379. The van der Waals surface area contributed by atoms with E-state index < -0.39 is 124 Å². The Hall–Kier alpha value is -1.73. The van der Waals surface area contributed by atoms with Crippen LogP contribution in [0.5, 0.6) is 0 Å². The van der Waals surface area contributed by atoms with E-state index in [1.165, 1.54) is 128 Å². The van der Waals surface area contributed by atoms with Crippen molar-refractivity contribution in [1.29, 1.82) is 0 Å². The molecule has 77 heavy (non-hydrogen) atoms. The minimum absolute atomic E-state index is 0.239. The largest absolute Gasteiger partial charge is 0.394 e. The van der Waals surface area contributed by atoms with Gasteiger partial charge in [-0.15, -0.1) is 0 Å². The molecule has 0 bridgehead atoms. The molecule has 0 spiro atoms. The van der Waals surface area contributed by atoms with Gasteiger partial charge in [-0.25, -0.2) is 0 Å². The number of hydrogen-bond acceptors (Lipinski definition) is 18. The zero-order valence-corrected chi connectivity index (χ0v) is 46.9. The van der Waals surface area contributed by atoms with Crippen molar-refractivity contribution in [3.05, 3.63) is 24.3 Å². The number of nitrogens with one attached hydrogen (secondary N) is 1. The summed E-state index contributed by atoms with van der Waals surface area (Å²) in [5.74, 6) is -0.286. The molecule has 1 amide bonds. The fraction of sp³-hybridized carbons (Fsp3) is 0.914. The van der Waals surface area contributed by atoms with Crippen LogP contribution in [-0.2, 0) is 33.2 Å². The number of rotatable bonds is 44. The maximum absolute atomic E-state index is 13.3. The van der Waals surface area contributed by atoms with Gasteiger partial charge in [0.2, 0.25) is 5.91 Å². The zero-order valence-electron chi connectivity index (χ0n) is 46.9. The summed E-state index contributed by atoms with van der Waals surface area (Å²) in [7, 11) is 0. The van der Waals surface area contributed by atoms with Gasteiger partial charge in [0.05, 0.1) is 38.6 Å². The molecule has 3 aliphatic heterocycles. The Morgan fingerprint density at radius 2 is 0.831 bits per heavy atom. The van der Waals surface area contributed by atoms with Crippen molar-refractivity contribution in [3.8, 4) is 0 Å². The summed E-state index contributed by atoms with van der Waals surface area (Å²) >= 11 is 0. The van der Waals surface area contributed by atoms with Gasteiger partial charge < -0.3 is 89.9 Å². The van der Waals surface area contributed by atoms with Crippen LogP contribution >= 0.6 is 0 Å². The Labute approximate surface area is 460 Å². The minimum Gasteiger partial charge on any atom is -0.394 e. The number of aliphatic hydroxyl groups excluding tert-OH is 11. The van der Waals surface area contributed by atoms with Gasteiger partial charge in [-0.1, -0.05) is 192 Å². The fourth-order valence-corrected chi connectivity index (χ4v) is 10.3. The van der Waals surface area contributed by atoms with Crippen LogP contribution < -0.4 is 5.32 Å². The second kappa shape index (κ2) is 42.1. The summed E-state index contributed by atoms with van der Waals surface area (Å²) < 4.78 is 34.1. The molecule has 0 aromatic heterocycles. The predicted octanol–water partition coefficient (Wildman–Crippen LogP) is 5.15. The molecule has 0 aromatic rings. The van der Waals surface area contributed by atoms with Crippen LogP contribution in [0.25, 0.3) is 0 Å². The third-order valence-corrected chi connectivity index (χ3v) is 15.3. The van der Waals surface area contributed by atoms with E-state index in [1.54, 1.807) is 6.08 Å². The quantitative estimate of drug-likeness (QED) is 0.0277. The molecular weight excluding hydrogens is 999 g/mol. The highest BCUT2D eigenvalue weighted by molar-refractivity contribution is 5.76. The highest BCUT2D eigenvalue weighted by atomic mass is 16.8. The topological polar surface area (TPSA) is 307 Å². The van der Waals surface area contributed by atoms with Crippen molar-refractivity contribution in [1.82, 2.24) is 5.32 Å². The van der Waals surface area contributed by atoms with Crippen LogP contribution in [0.2, 0.25) is 0 Å². The first-order valence-corrected chi connectivity index (χ1v) is 30.1. The number of amides is 1. The van der Waals surface area contributed by atoms with Gasteiger partial charge in [0.1, 0.15) is 73.2 Å². The van der Waals surface area contributed by atoms with Crippen molar-refractivity contribution in [3.63, 3.8) is 0 Å². The molecule has 0 aliphatic carbocycles. The number of aliphatic hydroxyl groups is 11. The molecule has 17 atom stereocenters. The number of carbonyl (C=O) groups excluding carboxylic acids is 1. The summed E-state index contributed by atoms with van der Waals surface area (Å²) in [6.07, 6.45) is 16.3. The maximum Gasteiger partial charge on any atom is 0.220 e. The number of allylic oxidation sites excluding steroid dienone is 3. The van der Waals surface area contributed by atoms with Crippen molar-refractivity contribution in [2.24, 2.45) is 0 Å². The summed E-state index contributed by atoms with van der Waals surface area (Å²) in [4.78, 5) is 13.3. The molecule has 3 saturated heterocycles. The van der Waals surface area contributed by atoms with Gasteiger partial charge in [-0.3, -0.25) is 4.79 Å². The molecule has 3 rings (SSSR count). The van der Waals surface area contributed by atoms with Crippen LogP contribution in [0, 0.1) is 0 Å². The lowest BCUT2D eigenvalue weighted by atomic mass is 9.96. The molecule has 0 radical (unpaired) electrons. The lowest BCUT2D eigenvalue weighted by Crippen LogP contribution is -2.66. The van der Waals surface area contributed by atoms with Crippen molar-refractivity contribution >= 4 is 5.91 Å². The van der Waals surface area contributed by atoms with Crippen molar-refractivity contribution < 1.29 is 89.4 Å². The number of unbranched alkanes of at least 4 members (excludes halogenated alkanes) is 26. The Balaban J connectivity index is 1.43. The molecule has 12 N–H and O–H groups in total. The van der Waals surface area contributed by atoms with E-state index in [1.807, 2.05) is 6.08 Å². The highest BCUT2D eigenvalue weighted by Gasteiger charge is 2.53. The fourth-order valence-electron chi connectivity index (χ4n) is 10.3. The third kappa shape index (κ3) is 26.4. The predicted molar refractivity (Wildman–Crippen MR) is 291 cm³/mol. The Kier molecular flexibility index (Phi) is 38.1. The van der Waals surface area contributed by atoms with Crippen LogP contribution in [0.3, 0.4) is 0 Å². The molecule has 3 fully saturated rings. The summed E-state index contributed by atoms with van der Waals surface area (Å²) in [5, 5.41) is 120. The molecule has 3 heterocycles. The molecule has 3 aliphatic rings. The van der Waals surface area contributed by atoms with E-state index >= 15 is 0 Å². The monoisotopic (exact) mass is 1110 g/mol. The van der Waals surface area contributed by atoms with Gasteiger partial charge in [-0.05, 0) is 32.1 Å². The van der Waals surface area contributed by atoms with E-state index in [0.29, 0.717) is 12.8 Å². The van der Waals surface area contributed by atoms with E-state index in [4.69, 9.17) is 28.4 Å². The van der Waals surface area contributed by atoms with Crippen LogP contribution in [0.4, 0.5) is 0 Å². The Bertz CT molecular complexity index is 1510. The molecule has 19 heteroatoms. The number of ether oxygens (including phenoxy) is 6. The average Bonchev–Trinajstić information content (AvgIpc) is 3.43. The first-order valence-electron chi connectivity index (χ1n) is 30.1. The second-order valence-corrected chi connectivity index (χ2v) is 21.8. The van der Waals surface area contributed by atoms with Crippen LogP contribution in [-0.4, -0.2) is 193 Å². The lowest BCUT2D eigenvalue weighted by Gasteiger charge is -2.48. The van der Waals surface area contributed by atoms with Crippen LogP contribution in [0.15, 0.2) is 24.3 Å². The molecule has 0 aromatic carbocycles. The maximum atomic E-state index is 13.3. The molecule has 19 nitrogen and oxygen atoms in total. The summed E-state index contributed by atoms with van der Waals surface area (Å²) in [6.45, 7) is 1.65. The molecular formula is C58H107NO18.